The van der Waals surface area contributed by atoms with Gasteiger partial charge in [0.1, 0.15) is 11.9 Å². The maximum atomic E-state index is 9.81. The molecule has 0 aromatic heterocycles. The summed E-state index contributed by atoms with van der Waals surface area (Å²) in [7, 11) is 1.58. The molecule has 0 amide bonds. The maximum absolute atomic E-state index is 9.81. The summed E-state index contributed by atoms with van der Waals surface area (Å²) < 4.78 is 10.2. The van der Waals surface area contributed by atoms with Crippen LogP contribution in [0, 0.1) is 0 Å². The number of aliphatic hydroxyl groups excluding tert-OH is 1. The molecular weight excluding hydrogens is 192 g/mol. The molecule has 0 spiro atoms. The number of aliphatic hydroxyl groups is 1. The lowest BCUT2D eigenvalue weighted by Gasteiger charge is -2.10. The summed E-state index contributed by atoms with van der Waals surface area (Å²) in [5.74, 6) is 0.672. The highest BCUT2D eigenvalue weighted by Crippen LogP contribution is 2.25. The Morgan fingerprint density at radius 2 is 2.13 bits per heavy atom. The van der Waals surface area contributed by atoms with E-state index in [4.69, 9.17) is 9.47 Å². The third-order valence-electron chi connectivity index (χ3n) is 1.98. The monoisotopic (exact) mass is 208 g/mol. The summed E-state index contributed by atoms with van der Waals surface area (Å²) in [6.07, 6.45) is 2.38. The summed E-state index contributed by atoms with van der Waals surface area (Å²) in [5, 5.41) is 9.81. The van der Waals surface area contributed by atoms with Crippen LogP contribution in [0.25, 0.3) is 0 Å². The van der Waals surface area contributed by atoms with E-state index in [1.54, 1.807) is 13.2 Å². The second-order valence-corrected chi connectivity index (χ2v) is 2.97. The first-order valence-electron chi connectivity index (χ1n) is 4.88. The number of hydrogen-bond acceptors (Lipinski definition) is 3. The smallest absolute Gasteiger partial charge is 0.124 e. The predicted octanol–water partition coefficient (Wildman–Crippen LogP) is 2.28. The molecule has 0 saturated heterocycles. The molecule has 3 heteroatoms. The fourth-order valence-corrected chi connectivity index (χ4v) is 1.24. The average Bonchev–Trinajstić information content (AvgIpc) is 2.29. The summed E-state index contributed by atoms with van der Waals surface area (Å²) in [6.45, 7) is 2.48. The molecule has 0 radical (unpaired) electrons. The molecule has 1 rings (SSSR count). The Balaban J connectivity index is 2.76. The van der Waals surface area contributed by atoms with Crippen molar-refractivity contribution in [3.8, 4) is 5.75 Å². The van der Waals surface area contributed by atoms with Crippen LogP contribution in [0.3, 0.4) is 0 Å². The minimum Gasteiger partial charge on any atom is -0.502 e. The first kappa shape index (κ1) is 11.6. The van der Waals surface area contributed by atoms with Crippen molar-refractivity contribution in [2.24, 2.45) is 0 Å². The SMILES string of the molecule is CCO/C=C/[C@H](O)c1ccccc1OC. The quantitative estimate of drug-likeness (QED) is 0.754. The minimum atomic E-state index is -0.701. The Labute approximate surface area is 90.0 Å². The van der Waals surface area contributed by atoms with E-state index >= 15 is 0 Å². The van der Waals surface area contributed by atoms with Crippen LogP contribution in [-0.2, 0) is 4.74 Å². The Bertz CT molecular complexity index is 320. The molecule has 0 unspecified atom stereocenters. The average molecular weight is 208 g/mol. The normalized spacial score (nSPS) is 12.7. The number of hydrogen-bond donors (Lipinski definition) is 1. The summed E-state index contributed by atoms with van der Waals surface area (Å²) in [5.41, 5.74) is 0.732. The third kappa shape index (κ3) is 3.29. The van der Waals surface area contributed by atoms with Crippen molar-refractivity contribution in [3.63, 3.8) is 0 Å². The molecule has 0 aliphatic rings. The van der Waals surface area contributed by atoms with Gasteiger partial charge in [-0.3, -0.25) is 0 Å². The van der Waals surface area contributed by atoms with Crippen molar-refractivity contribution in [1.29, 1.82) is 0 Å². The molecule has 82 valence electrons. The Morgan fingerprint density at radius 3 is 2.80 bits per heavy atom. The van der Waals surface area contributed by atoms with Crippen molar-refractivity contribution in [3.05, 3.63) is 42.2 Å². The molecule has 0 fully saturated rings. The lowest BCUT2D eigenvalue weighted by atomic mass is 10.1. The van der Waals surface area contributed by atoms with Gasteiger partial charge < -0.3 is 14.6 Å². The highest BCUT2D eigenvalue weighted by Gasteiger charge is 2.08. The zero-order valence-corrected chi connectivity index (χ0v) is 9.01. The van der Waals surface area contributed by atoms with E-state index < -0.39 is 6.10 Å². The number of methoxy groups -OCH3 is 1. The third-order valence-corrected chi connectivity index (χ3v) is 1.98. The lowest BCUT2D eigenvalue weighted by Crippen LogP contribution is -1.97. The van der Waals surface area contributed by atoms with Crippen LogP contribution >= 0.6 is 0 Å². The van der Waals surface area contributed by atoms with Gasteiger partial charge in [-0.1, -0.05) is 18.2 Å². The fourth-order valence-electron chi connectivity index (χ4n) is 1.24. The van der Waals surface area contributed by atoms with Crippen LogP contribution in [-0.4, -0.2) is 18.8 Å². The Kier molecular flexibility index (Phi) is 4.71. The molecule has 0 saturated carbocycles. The van der Waals surface area contributed by atoms with Crippen molar-refractivity contribution in [2.45, 2.75) is 13.0 Å². The highest BCUT2D eigenvalue weighted by atomic mass is 16.5. The molecule has 0 bridgehead atoms. The second kappa shape index (κ2) is 6.09. The van der Waals surface area contributed by atoms with Gasteiger partial charge in [0.2, 0.25) is 0 Å². The van der Waals surface area contributed by atoms with E-state index in [-0.39, 0.29) is 0 Å². The second-order valence-electron chi connectivity index (χ2n) is 2.97. The molecule has 0 aliphatic heterocycles. The van der Waals surface area contributed by atoms with E-state index in [9.17, 15) is 5.11 Å². The van der Waals surface area contributed by atoms with Crippen LogP contribution in [0.15, 0.2) is 36.6 Å². The lowest BCUT2D eigenvalue weighted by molar-refractivity contribution is 0.210. The molecule has 1 atom stereocenters. The first-order chi connectivity index (χ1) is 7.29. The molecule has 0 aliphatic carbocycles. The number of ether oxygens (including phenoxy) is 2. The van der Waals surface area contributed by atoms with Gasteiger partial charge in [-0.05, 0) is 19.1 Å². The Hall–Kier alpha value is -1.48. The number of para-hydroxylation sites is 1. The topological polar surface area (TPSA) is 38.7 Å². The van der Waals surface area contributed by atoms with Crippen molar-refractivity contribution in [1.82, 2.24) is 0 Å². The Morgan fingerprint density at radius 1 is 1.40 bits per heavy atom. The van der Waals surface area contributed by atoms with Crippen molar-refractivity contribution >= 4 is 0 Å². The van der Waals surface area contributed by atoms with Gasteiger partial charge in [0.15, 0.2) is 0 Å². The van der Waals surface area contributed by atoms with Crippen LogP contribution in [0.4, 0.5) is 0 Å². The molecule has 0 heterocycles. The van der Waals surface area contributed by atoms with Gasteiger partial charge in [0.05, 0.1) is 20.0 Å². The molecule has 15 heavy (non-hydrogen) atoms. The van der Waals surface area contributed by atoms with Crippen LogP contribution in [0.1, 0.15) is 18.6 Å². The standard InChI is InChI=1S/C12H16O3/c1-3-15-9-8-11(13)10-6-4-5-7-12(10)14-2/h4-9,11,13H,3H2,1-2H3/b9-8+/t11-/m0/s1. The molecule has 3 nitrogen and oxygen atoms in total. The van der Waals surface area contributed by atoms with Gasteiger partial charge >= 0.3 is 0 Å². The van der Waals surface area contributed by atoms with Crippen LogP contribution < -0.4 is 4.74 Å². The van der Waals surface area contributed by atoms with Crippen LogP contribution in [0.5, 0.6) is 5.75 Å². The molecule has 1 aromatic carbocycles. The van der Waals surface area contributed by atoms with Gasteiger partial charge in [-0.2, -0.15) is 0 Å². The van der Waals surface area contributed by atoms with E-state index in [1.807, 2.05) is 31.2 Å². The predicted molar refractivity (Wildman–Crippen MR) is 58.7 cm³/mol. The van der Waals surface area contributed by atoms with Gasteiger partial charge in [0, 0.05) is 5.56 Å². The van der Waals surface area contributed by atoms with Crippen LogP contribution in [0.2, 0.25) is 0 Å². The maximum Gasteiger partial charge on any atom is 0.124 e. The fraction of sp³-hybridized carbons (Fsp3) is 0.333. The zero-order chi connectivity index (χ0) is 11.1. The first-order valence-corrected chi connectivity index (χ1v) is 4.88. The summed E-state index contributed by atoms with van der Waals surface area (Å²) >= 11 is 0. The highest BCUT2D eigenvalue weighted by molar-refractivity contribution is 5.36. The van der Waals surface area contributed by atoms with E-state index in [0.717, 1.165) is 5.56 Å². The number of rotatable bonds is 5. The molecular formula is C12H16O3. The van der Waals surface area contributed by atoms with Crippen molar-refractivity contribution in [2.75, 3.05) is 13.7 Å². The minimum absolute atomic E-state index is 0.592. The summed E-state index contributed by atoms with van der Waals surface area (Å²) in [6, 6.07) is 7.35. The van der Waals surface area contributed by atoms with Gasteiger partial charge in [0.25, 0.3) is 0 Å². The van der Waals surface area contributed by atoms with Gasteiger partial charge in [-0.15, -0.1) is 0 Å². The van der Waals surface area contributed by atoms with Gasteiger partial charge in [-0.25, -0.2) is 0 Å². The van der Waals surface area contributed by atoms with E-state index in [1.165, 1.54) is 6.26 Å². The van der Waals surface area contributed by atoms with E-state index in [2.05, 4.69) is 0 Å². The largest absolute Gasteiger partial charge is 0.502 e. The molecule has 1 N–H and O–H groups in total. The number of benzene rings is 1. The molecule has 1 aromatic rings. The summed E-state index contributed by atoms with van der Waals surface area (Å²) in [4.78, 5) is 0. The van der Waals surface area contributed by atoms with E-state index in [0.29, 0.717) is 12.4 Å². The zero-order valence-electron chi connectivity index (χ0n) is 9.01. The van der Waals surface area contributed by atoms with Crippen molar-refractivity contribution < 1.29 is 14.6 Å².